The molecular formula is C11H8ClN3O2S. The Kier molecular flexibility index (Phi) is 3.03. The normalized spacial score (nSPS) is 11.1. The van der Waals surface area contributed by atoms with Crippen molar-refractivity contribution < 1.29 is 8.42 Å². The van der Waals surface area contributed by atoms with Crippen LogP contribution in [0.5, 0.6) is 0 Å². The molecule has 1 aromatic carbocycles. The van der Waals surface area contributed by atoms with Gasteiger partial charge in [-0.2, -0.15) is 5.26 Å². The van der Waals surface area contributed by atoms with Gasteiger partial charge in [0.1, 0.15) is 16.7 Å². The van der Waals surface area contributed by atoms with E-state index in [4.69, 9.17) is 22.6 Å². The summed E-state index contributed by atoms with van der Waals surface area (Å²) in [6, 6.07) is 8.83. The van der Waals surface area contributed by atoms with Crippen LogP contribution < -0.4 is 5.73 Å². The van der Waals surface area contributed by atoms with Crippen molar-refractivity contribution in [1.82, 2.24) is 3.97 Å². The summed E-state index contributed by atoms with van der Waals surface area (Å²) in [7, 11) is -3.91. The third-order valence-corrected chi connectivity index (χ3v) is 4.32. The minimum atomic E-state index is -3.91. The molecule has 0 bridgehead atoms. The highest BCUT2D eigenvalue weighted by Crippen LogP contribution is 2.25. The summed E-state index contributed by atoms with van der Waals surface area (Å²) in [6.45, 7) is 0. The van der Waals surface area contributed by atoms with E-state index in [9.17, 15) is 8.42 Å². The Labute approximate surface area is 109 Å². The molecule has 0 aliphatic rings. The predicted octanol–water partition coefficient (Wildman–Crippen LogP) is 1.83. The Hall–Kier alpha value is -1.97. The van der Waals surface area contributed by atoms with E-state index in [0.29, 0.717) is 0 Å². The number of hydrogen-bond donors (Lipinski definition) is 1. The molecule has 1 aromatic heterocycles. The molecule has 1 heterocycles. The molecule has 0 atom stereocenters. The number of nitrogens with zero attached hydrogens (tertiary/aromatic N) is 2. The molecular weight excluding hydrogens is 274 g/mol. The summed E-state index contributed by atoms with van der Waals surface area (Å²) in [6.07, 6.45) is 1.29. The largest absolute Gasteiger partial charge is 0.398 e. The number of aromatic nitrogens is 1. The lowest BCUT2D eigenvalue weighted by Crippen LogP contribution is -2.15. The van der Waals surface area contributed by atoms with E-state index in [1.165, 1.54) is 36.5 Å². The number of halogens is 1. The van der Waals surface area contributed by atoms with Crippen molar-refractivity contribution in [2.45, 2.75) is 4.90 Å². The zero-order valence-electron chi connectivity index (χ0n) is 9.04. The second-order valence-electron chi connectivity index (χ2n) is 3.49. The van der Waals surface area contributed by atoms with E-state index >= 15 is 0 Å². The van der Waals surface area contributed by atoms with Gasteiger partial charge in [-0.3, -0.25) is 0 Å². The van der Waals surface area contributed by atoms with Crippen LogP contribution in [0.2, 0.25) is 5.02 Å². The van der Waals surface area contributed by atoms with Gasteiger partial charge in [0.2, 0.25) is 0 Å². The van der Waals surface area contributed by atoms with Gasteiger partial charge in [0, 0.05) is 11.2 Å². The SMILES string of the molecule is N#Cc1cccn1S(=O)(=O)c1cc(Cl)ccc1N. The maximum atomic E-state index is 12.3. The van der Waals surface area contributed by atoms with Crippen LogP contribution in [0.15, 0.2) is 41.4 Å². The molecule has 0 saturated heterocycles. The van der Waals surface area contributed by atoms with Gasteiger partial charge >= 0.3 is 0 Å². The van der Waals surface area contributed by atoms with Crippen LogP contribution in [0.1, 0.15) is 5.69 Å². The number of rotatable bonds is 2. The molecule has 0 fully saturated rings. The maximum absolute atomic E-state index is 12.3. The van der Waals surface area contributed by atoms with Gasteiger partial charge in [-0.05, 0) is 30.3 Å². The lowest BCUT2D eigenvalue weighted by molar-refractivity contribution is 0.587. The first kappa shape index (κ1) is 12.5. The van der Waals surface area contributed by atoms with Gasteiger partial charge in [0.25, 0.3) is 10.0 Å². The highest BCUT2D eigenvalue weighted by atomic mass is 35.5. The van der Waals surface area contributed by atoms with Crippen LogP contribution in [0.3, 0.4) is 0 Å². The van der Waals surface area contributed by atoms with Crippen LogP contribution in [-0.2, 0) is 10.0 Å². The summed E-state index contributed by atoms with van der Waals surface area (Å²) in [5.74, 6) is 0. The maximum Gasteiger partial charge on any atom is 0.270 e. The quantitative estimate of drug-likeness (QED) is 0.851. The van der Waals surface area contributed by atoms with Crippen molar-refractivity contribution in [2.75, 3.05) is 5.73 Å². The fourth-order valence-corrected chi connectivity index (χ4v) is 3.18. The molecule has 5 nitrogen and oxygen atoms in total. The molecule has 18 heavy (non-hydrogen) atoms. The molecule has 0 radical (unpaired) electrons. The Bertz CT molecular complexity index is 744. The fraction of sp³-hybridized carbons (Fsp3) is 0. The van der Waals surface area contributed by atoms with E-state index in [2.05, 4.69) is 0 Å². The third kappa shape index (κ3) is 1.94. The highest BCUT2D eigenvalue weighted by molar-refractivity contribution is 7.90. The second kappa shape index (κ2) is 4.37. The van der Waals surface area contributed by atoms with Crippen LogP contribution in [0.4, 0.5) is 5.69 Å². The molecule has 0 unspecified atom stereocenters. The Balaban J connectivity index is 2.70. The third-order valence-electron chi connectivity index (χ3n) is 2.34. The summed E-state index contributed by atoms with van der Waals surface area (Å²) >= 11 is 5.76. The number of nitriles is 1. The Morgan fingerprint density at radius 1 is 1.33 bits per heavy atom. The highest BCUT2D eigenvalue weighted by Gasteiger charge is 2.22. The van der Waals surface area contributed by atoms with Crippen molar-refractivity contribution in [3.05, 3.63) is 47.2 Å². The first-order valence-electron chi connectivity index (χ1n) is 4.85. The average Bonchev–Trinajstić information content (AvgIpc) is 2.81. The van der Waals surface area contributed by atoms with Gasteiger partial charge in [-0.1, -0.05) is 11.6 Å². The summed E-state index contributed by atoms with van der Waals surface area (Å²) in [5.41, 5.74) is 5.73. The number of hydrogen-bond acceptors (Lipinski definition) is 4. The van der Waals surface area contributed by atoms with Crippen molar-refractivity contribution in [2.24, 2.45) is 0 Å². The zero-order chi connectivity index (χ0) is 13.3. The monoisotopic (exact) mass is 281 g/mol. The smallest absolute Gasteiger partial charge is 0.270 e. The number of nitrogens with two attached hydrogens (primary N) is 1. The van der Waals surface area contributed by atoms with Crippen LogP contribution in [0, 0.1) is 11.3 Å². The lowest BCUT2D eigenvalue weighted by Gasteiger charge is -2.09. The topological polar surface area (TPSA) is 88.9 Å². The first-order chi connectivity index (χ1) is 8.46. The van der Waals surface area contributed by atoms with Gasteiger partial charge in [0.05, 0.1) is 5.69 Å². The van der Waals surface area contributed by atoms with Crippen molar-refractivity contribution >= 4 is 27.3 Å². The van der Waals surface area contributed by atoms with Gasteiger partial charge < -0.3 is 5.73 Å². The lowest BCUT2D eigenvalue weighted by atomic mass is 10.3. The van der Waals surface area contributed by atoms with E-state index in [0.717, 1.165) is 3.97 Å². The van der Waals surface area contributed by atoms with Crippen molar-refractivity contribution in [3.8, 4) is 6.07 Å². The second-order valence-corrected chi connectivity index (χ2v) is 5.71. The molecule has 0 saturated carbocycles. The van der Waals surface area contributed by atoms with Gasteiger partial charge in [-0.25, -0.2) is 12.4 Å². The van der Waals surface area contributed by atoms with Gasteiger partial charge in [0.15, 0.2) is 0 Å². The summed E-state index contributed by atoms with van der Waals surface area (Å²) in [5, 5.41) is 9.11. The zero-order valence-corrected chi connectivity index (χ0v) is 10.6. The van der Waals surface area contributed by atoms with Crippen LogP contribution in [-0.4, -0.2) is 12.4 Å². The minimum Gasteiger partial charge on any atom is -0.398 e. The predicted molar refractivity (Wildman–Crippen MR) is 67.6 cm³/mol. The number of benzene rings is 1. The standard InChI is InChI=1S/C11H8ClN3O2S/c12-8-3-4-10(14)11(6-8)18(16,17)15-5-1-2-9(15)7-13/h1-6H,14H2. The molecule has 7 heteroatoms. The van der Waals surface area contributed by atoms with Gasteiger partial charge in [-0.15, -0.1) is 0 Å². The van der Waals surface area contributed by atoms with E-state index in [1.54, 1.807) is 6.07 Å². The first-order valence-corrected chi connectivity index (χ1v) is 6.66. The average molecular weight is 282 g/mol. The van der Waals surface area contributed by atoms with Crippen molar-refractivity contribution in [1.29, 1.82) is 5.26 Å². The molecule has 2 aromatic rings. The molecule has 2 rings (SSSR count). The molecule has 0 amide bonds. The molecule has 0 aliphatic carbocycles. The Morgan fingerprint density at radius 3 is 2.72 bits per heavy atom. The molecule has 2 N–H and O–H groups in total. The van der Waals surface area contributed by atoms with Crippen LogP contribution in [0.25, 0.3) is 0 Å². The minimum absolute atomic E-state index is 0.00868. The van der Waals surface area contributed by atoms with Crippen LogP contribution >= 0.6 is 11.6 Å². The van der Waals surface area contributed by atoms with Crippen molar-refractivity contribution in [3.63, 3.8) is 0 Å². The van der Waals surface area contributed by atoms with E-state index in [-0.39, 0.29) is 21.3 Å². The summed E-state index contributed by atoms with van der Waals surface area (Å²) in [4.78, 5) is -0.122. The summed E-state index contributed by atoms with van der Waals surface area (Å²) < 4.78 is 25.5. The molecule has 92 valence electrons. The van der Waals surface area contributed by atoms with E-state index < -0.39 is 10.0 Å². The number of nitrogen functional groups attached to an aromatic ring is 1. The molecule has 0 spiro atoms. The van der Waals surface area contributed by atoms with E-state index in [1.807, 2.05) is 0 Å². The number of anilines is 1. The molecule has 0 aliphatic heterocycles. The fourth-order valence-electron chi connectivity index (χ4n) is 1.50. The Morgan fingerprint density at radius 2 is 2.06 bits per heavy atom.